The molecule has 0 aromatic heterocycles. The van der Waals surface area contributed by atoms with Crippen LogP contribution in [0.4, 0.5) is 0 Å². The van der Waals surface area contributed by atoms with Gasteiger partial charge in [0.05, 0.1) is 6.61 Å². The molecule has 0 aliphatic carbocycles. The minimum atomic E-state index is -0.552. The van der Waals surface area contributed by atoms with Crippen molar-refractivity contribution in [3.8, 4) is 0 Å². The molecule has 0 aliphatic heterocycles. The molecule has 0 aliphatic rings. The lowest BCUT2D eigenvalue weighted by Crippen LogP contribution is -2.30. The Morgan fingerprint density at radius 3 is 1.21 bits per heavy atom. The number of carbonyl (C=O) groups is 2. The molecule has 0 saturated heterocycles. The lowest BCUT2D eigenvalue weighted by Gasteiger charge is -2.18. The second-order valence-electron chi connectivity index (χ2n) is 17.0. The molecule has 1 atom stereocenters. The van der Waals surface area contributed by atoms with E-state index in [-0.39, 0.29) is 25.2 Å². The predicted molar refractivity (Wildman–Crippen MR) is 270 cm³/mol. The van der Waals surface area contributed by atoms with Crippen molar-refractivity contribution in [2.45, 2.75) is 245 Å². The van der Waals surface area contributed by atoms with E-state index in [2.05, 4.69) is 106 Å². The third-order valence-corrected chi connectivity index (χ3v) is 10.9. The fourth-order valence-electron chi connectivity index (χ4n) is 7.04. The number of hydrogen-bond donors (Lipinski definition) is 0. The van der Waals surface area contributed by atoms with Crippen LogP contribution < -0.4 is 0 Å². The van der Waals surface area contributed by atoms with Gasteiger partial charge in [0.1, 0.15) is 6.61 Å². The van der Waals surface area contributed by atoms with Crippen LogP contribution in [-0.4, -0.2) is 37.9 Å². The normalized spacial score (nSPS) is 12.9. The number of hydrogen-bond acceptors (Lipinski definition) is 5. The maximum atomic E-state index is 12.8. The third-order valence-electron chi connectivity index (χ3n) is 10.9. The van der Waals surface area contributed by atoms with Gasteiger partial charge in [-0.05, 0) is 96.3 Å². The maximum Gasteiger partial charge on any atom is 0.306 e. The van der Waals surface area contributed by atoms with Crippen molar-refractivity contribution >= 4 is 11.9 Å². The average Bonchev–Trinajstić information content (AvgIpc) is 3.27. The SMILES string of the molecule is CC/C=C\C/C=C\C/C=C\C/C=C\C/C=C\CCCCCC(=O)OCC(COCCCCCCCCCC)OC(=O)CCCCCCCCCCC/C=C\C/C=C\CCCCC. The van der Waals surface area contributed by atoms with Gasteiger partial charge in [-0.2, -0.15) is 0 Å². The van der Waals surface area contributed by atoms with E-state index in [0.717, 1.165) is 96.3 Å². The Bertz CT molecular complexity index is 1160. The summed E-state index contributed by atoms with van der Waals surface area (Å²) in [5.74, 6) is -0.439. The van der Waals surface area contributed by atoms with Gasteiger partial charge < -0.3 is 14.2 Å². The highest BCUT2D eigenvalue weighted by atomic mass is 16.6. The molecule has 0 aromatic carbocycles. The van der Waals surface area contributed by atoms with Gasteiger partial charge in [-0.25, -0.2) is 0 Å². The molecule has 0 heterocycles. The minimum absolute atomic E-state index is 0.0643. The number of ether oxygens (including phenoxy) is 3. The van der Waals surface area contributed by atoms with Gasteiger partial charge in [0, 0.05) is 19.4 Å². The Balaban J connectivity index is 4.22. The van der Waals surface area contributed by atoms with Crippen LogP contribution in [0.5, 0.6) is 0 Å². The van der Waals surface area contributed by atoms with Crippen LogP contribution in [0.1, 0.15) is 239 Å². The molecule has 5 heteroatoms. The predicted octanol–water partition coefficient (Wildman–Crippen LogP) is 17.7. The molecule has 0 bridgehead atoms. The van der Waals surface area contributed by atoms with Gasteiger partial charge in [-0.1, -0.05) is 215 Å². The second-order valence-corrected chi connectivity index (χ2v) is 17.0. The van der Waals surface area contributed by atoms with E-state index >= 15 is 0 Å². The molecule has 0 N–H and O–H groups in total. The van der Waals surface area contributed by atoms with Crippen LogP contribution in [0.3, 0.4) is 0 Å². The van der Waals surface area contributed by atoms with Crippen molar-refractivity contribution in [2.75, 3.05) is 19.8 Å². The highest BCUT2D eigenvalue weighted by Gasteiger charge is 2.17. The Labute approximate surface area is 384 Å². The van der Waals surface area contributed by atoms with Crippen molar-refractivity contribution in [1.82, 2.24) is 0 Å². The fourth-order valence-corrected chi connectivity index (χ4v) is 7.04. The van der Waals surface area contributed by atoms with Crippen LogP contribution in [0.15, 0.2) is 85.1 Å². The summed E-state index contributed by atoms with van der Waals surface area (Å²) in [7, 11) is 0. The molecule has 0 spiro atoms. The van der Waals surface area contributed by atoms with Crippen molar-refractivity contribution < 1.29 is 23.8 Å². The van der Waals surface area contributed by atoms with E-state index in [1.807, 2.05) is 0 Å². The quantitative estimate of drug-likeness (QED) is 0.0346. The number of allylic oxidation sites excluding steroid dienone is 14. The van der Waals surface area contributed by atoms with Crippen LogP contribution in [0.2, 0.25) is 0 Å². The van der Waals surface area contributed by atoms with E-state index in [9.17, 15) is 9.59 Å². The van der Waals surface area contributed by atoms with Crippen LogP contribution >= 0.6 is 0 Å². The molecule has 5 nitrogen and oxygen atoms in total. The lowest BCUT2D eigenvalue weighted by atomic mass is 10.1. The summed E-state index contributed by atoms with van der Waals surface area (Å²) in [5, 5.41) is 0. The van der Waals surface area contributed by atoms with Crippen LogP contribution in [-0.2, 0) is 23.8 Å². The number of esters is 2. The second kappa shape index (κ2) is 52.4. The highest BCUT2D eigenvalue weighted by molar-refractivity contribution is 5.70. The van der Waals surface area contributed by atoms with Crippen LogP contribution in [0, 0.1) is 0 Å². The largest absolute Gasteiger partial charge is 0.462 e. The van der Waals surface area contributed by atoms with E-state index in [0.29, 0.717) is 19.4 Å². The van der Waals surface area contributed by atoms with Crippen molar-refractivity contribution in [3.05, 3.63) is 85.1 Å². The van der Waals surface area contributed by atoms with Gasteiger partial charge in [0.2, 0.25) is 0 Å². The molecule has 0 amide bonds. The molecular weight excluding hydrogens is 765 g/mol. The molecule has 62 heavy (non-hydrogen) atoms. The molecule has 1 unspecified atom stereocenters. The summed E-state index contributed by atoms with van der Waals surface area (Å²) >= 11 is 0. The average molecular weight is 863 g/mol. The zero-order chi connectivity index (χ0) is 44.9. The Morgan fingerprint density at radius 2 is 0.726 bits per heavy atom. The Kier molecular flexibility index (Phi) is 50.0. The van der Waals surface area contributed by atoms with E-state index in [4.69, 9.17) is 14.2 Å². The third kappa shape index (κ3) is 49.7. The molecular formula is C57H98O5. The summed E-state index contributed by atoms with van der Waals surface area (Å²) in [6, 6.07) is 0. The van der Waals surface area contributed by atoms with Crippen molar-refractivity contribution in [2.24, 2.45) is 0 Å². The van der Waals surface area contributed by atoms with E-state index < -0.39 is 6.10 Å². The van der Waals surface area contributed by atoms with Gasteiger partial charge >= 0.3 is 11.9 Å². The highest BCUT2D eigenvalue weighted by Crippen LogP contribution is 2.14. The minimum Gasteiger partial charge on any atom is -0.462 e. The first kappa shape index (κ1) is 59.1. The molecule has 0 radical (unpaired) electrons. The number of carbonyl (C=O) groups excluding carboxylic acids is 2. The van der Waals surface area contributed by atoms with E-state index in [1.54, 1.807) is 0 Å². The lowest BCUT2D eigenvalue weighted by molar-refractivity contribution is -0.163. The summed E-state index contributed by atoms with van der Waals surface area (Å²) in [4.78, 5) is 25.4. The van der Waals surface area contributed by atoms with Gasteiger partial charge in [-0.3, -0.25) is 9.59 Å². The Hall–Kier alpha value is -2.92. The maximum absolute atomic E-state index is 12.8. The standard InChI is InChI=1S/C57H98O5/c1-4-7-10-13-16-19-21-23-25-27-29-31-33-35-37-39-41-44-47-50-56(58)61-54-55(53-60-52-49-46-43-18-15-12-9-6-3)62-57(59)51-48-45-42-40-38-36-34-32-30-28-26-24-22-20-17-14-11-8-5-2/h7,10,16-17,19-20,23-26,29,31,35,37,55H,4-6,8-9,11-15,18,21-22,27-28,30,32-34,36,38-54H2,1-3H3/b10-7-,19-16-,20-17-,25-23-,26-24-,31-29-,37-35-. The fraction of sp³-hybridized carbons (Fsp3) is 0.719. The van der Waals surface area contributed by atoms with Crippen molar-refractivity contribution in [3.63, 3.8) is 0 Å². The van der Waals surface area contributed by atoms with E-state index in [1.165, 1.54) is 109 Å². The zero-order valence-electron chi connectivity index (χ0n) is 40.9. The smallest absolute Gasteiger partial charge is 0.306 e. The summed E-state index contributed by atoms with van der Waals surface area (Å²) < 4.78 is 17.3. The molecule has 0 aromatic rings. The van der Waals surface area contributed by atoms with Crippen LogP contribution in [0.25, 0.3) is 0 Å². The molecule has 0 fully saturated rings. The summed E-state index contributed by atoms with van der Waals surface area (Å²) in [6.07, 6.45) is 68.8. The first-order chi connectivity index (χ1) is 30.6. The zero-order valence-corrected chi connectivity index (χ0v) is 40.9. The first-order valence-corrected chi connectivity index (χ1v) is 26.1. The number of rotatable bonds is 47. The first-order valence-electron chi connectivity index (χ1n) is 26.1. The monoisotopic (exact) mass is 863 g/mol. The Morgan fingerprint density at radius 1 is 0.371 bits per heavy atom. The topological polar surface area (TPSA) is 61.8 Å². The van der Waals surface area contributed by atoms with Gasteiger partial charge in [0.15, 0.2) is 6.10 Å². The molecule has 0 saturated carbocycles. The summed E-state index contributed by atoms with van der Waals surface area (Å²) in [6.45, 7) is 7.64. The summed E-state index contributed by atoms with van der Waals surface area (Å²) in [5.41, 5.74) is 0. The van der Waals surface area contributed by atoms with Crippen molar-refractivity contribution in [1.29, 1.82) is 0 Å². The van der Waals surface area contributed by atoms with Gasteiger partial charge in [-0.15, -0.1) is 0 Å². The number of unbranched alkanes of at least 4 members (excludes halogenated alkanes) is 22. The van der Waals surface area contributed by atoms with Gasteiger partial charge in [0.25, 0.3) is 0 Å². The molecule has 0 rings (SSSR count). The molecule has 356 valence electrons.